The molecule has 6 heteroatoms. The van der Waals surface area contributed by atoms with E-state index in [4.69, 9.17) is 18.9 Å². The summed E-state index contributed by atoms with van der Waals surface area (Å²) in [6, 6.07) is 14.5. The molecule has 5 rings (SSSR count). The average Bonchev–Trinajstić information content (AvgIpc) is 2.86. The summed E-state index contributed by atoms with van der Waals surface area (Å²) in [5, 5.41) is 4.69. The Morgan fingerprint density at radius 3 is 2.81 bits per heavy atom. The zero-order valence-corrected chi connectivity index (χ0v) is 18.3. The van der Waals surface area contributed by atoms with E-state index in [1.165, 1.54) is 5.56 Å². The van der Waals surface area contributed by atoms with Crippen molar-refractivity contribution in [3.8, 4) is 17.2 Å². The monoisotopic (exact) mass is 432 g/mol. The lowest BCUT2D eigenvalue weighted by Crippen LogP contribution is -2.38. The van der Waals surface area contributed by atoms with E-state index in [0.29, 0.717) is 25.9 Å². The number of aromatic nitrogens is 1. The standard InChI is InChI=1S/C26H28N2O4/c1-29-22-7-8-24-23(15-22)19(10-11-27-24)3-5-21-6-4-20(17-32-21)28-16-18-2-9-25-26(14-18)31-13-12-30-25/h2-3,5,7-11,14-15,20-21,28H,4,6,12-13,16-17H2,1H3/t20-,21-/m1/s1. The van der Waals surface area contributed by atoms with Crippen molar-refractivity contribution in [2.45, 2.75) is 31.5 Å². The highest BCUT2D eigenvalue weighted by Gasteiger charge is 2.20. The van der Waals surface area contributed by atoms with Gasteiger partial charge in [0.1, 0.15) is 19.0 Å². The molecule has 2 aliphatic rings. The molecule has 1 saturated heterocycles. The second-order valence-corrected chi connectivity index (χ2v) is 8.15. The number of fused-ring (bicyclic) bond motifs is 2. The van der Waals surface area contributed by atoms with Gasteiger partial charge in [-0.3, -0.25) is 4.98 Å². The minimum atomic E-state index is 0.121. The van der Waals surface area contributed by atoms with Gasteiger partial charge in [-0.2, -0.15) is 0 Å². The predicted octanol–water partition coefficient (Wildman–Crippen LogP) is 4.37. The molecule has 0 spiro atoms. The maximum Gasteiger partial charge on any atom is 0.161 e. The van der Waals surface area contributed by atoms with Crippen LogP contribution in [-0.4, -0.2) is 44.1 Å². The number of rotatable bonds is 6. The van der Waals surface area contributed by atoms with Gasteiger partial charge in [-0.25, -0.2) is 0 Å². The Bertz CT molecular complexity index is 1110. The fourth-order valence-corrected chi connectivity index (χ4v) is 4.17. The topological polar surface area (TPSA) is 61.8 Å². The van der Waals surface area contributed by atoms with Crippen LogP contribution in [0.15, 0.2) is 54.7 Å². The van der Waals surface area contributed by atoms with E-state index in [1.807, 2.05) is 36.5 Å². The third-order valence-corrected chi connectivity index (χ3v) is 5.99. The summed E-state index contributed by atoms with van der Waals surface area (Å²) >= 11 is 0. The Balaban J connectivity index is 1.15. The van der Waals surface area contributed by atoms with Gasteiger partial charge in [0.2, 0.25) is 0 Å². The van der Waals surface area contributed by atoms with Gasteiger partial charge in [-0.15, -0.1) is 0 Å². The minimum Gasteiger partial charge on any atom is -0.497 e. The molecule has 2 atom stereocenters. The molecule has 2 aliphatic heterocycles. The van der Waals surface area contributed by atoms with Crippen LogP contribution < -0.4 is 19.5 Å². The highest BCUT2D eigenvalue weighted by molar-refractivity contribution is 5.88. The van der Waals surface area contributed by atoms with Crippen LogP contribution in [0.5, 0.6) is 17.2 Å². The van der Waals surface area contributed by atoms with Gasteiger partial charge in [0.25, 0.3) is 0 Å². The van der Waals surface area contributed by atoms with Crippen molar-refractivity contribution in [1.29, 1.82) is 0 Å². The molecule has 1 fully saturated rings. The normalized spacial score (nSPS) is 20.5. The third-order valence-electron chi connectivity index (χ3n) is 5.99. The molecule has 3 aromatic rings. The van der Waals surface area contributed by atoms with Crippen molar-refractivity contribution in [3.05, 3.63) is 65.9 Å². The average molecular weight is 433 g/mol. The van der Waals surface area contributed by atoms with Gasteiger partial charge >= 0.3 is 0 Å². The van der Waals surface area contributed by atoms with Crippen LogP contribution in [0, 0.1) is 0 Å². The summed E-state index contributed by atoms with van der Waals surface area (Å²) in [7, 11) is 1.68. The van der Waals surface area contributed by atoms with E-state index >= 15 is 0 Å². The lowest BCUT2D eigenvalue weighted by Gasteiger charge is -2.28. The number of hydrogen-bond donors (Lipinski definition) is 1. The molecular weight excluding hydrogens is 404 g/mol. The molecule has 6 nitrogen and oxygen atoms in total. The van der Waals surface area contributed by atoms with Crippen LogP contribution in [0.1, 0.15) is 24.0 Å². The quantitative estimate of drug-likeness (QED) is 0.624. The van der Waals surface area contributed by atoms with Crippen LogP contribution in [-0.2, 0) is 11.3 Å². The molecule has 0 aliphatic carbocycles. The number of ether oxygens (including phenoxy) is 4. The summed E-state index contributed by atoms with van der Waals surface area (Å²) in [4.78, 5) is 4.45. The van der Waals surface area contributed by atoms with Crippen molar-refractivity contribution >= 4 is 17.0 Å². The SMILES string of the molecule is COc1ccc2nccc(C=C[C@@H]3CC[C@@H](NCc4ccc5c(c4)OCCO5)CO3)c2c1. The maximum absolute atomic E-state index is 6.11. The molecule has 1 aromatic heterocycles. The predicted molar refractivity (Wildman–Crippen MR) is 124 cm³/mol. The van der Waals surface area contributed by atoms with Crippen molar-refractivity contribution < 1.29 is 18.9 Å². The number of benzene rings is 2. The number of nitrogens with one attached hydrogen (secondary N) is 1. The zero-order valence-electron chi connectivity index (χ0n) is 18.3. The second kappa shape index (κ2) is 9.59. The molecule has 0 amide bonds. The summed E-state index contributed by atoms with van der Waals surface area (Å²) in [6.45, 7) is 2.71. The largest absolute Gasteiger partial charge is 0.497 e. The van der Waals surface area contributed by atoms with E-state index in [1.54, 1.807) is 7.11 Å². The molecule has 1 N–H and O–H groups in total. The molecule has 3 heterocycles. The van der Waals surface area contributed by atoms with E-state index in [0.717, 1.165) is 53.1 Å². The van der Waals surface area contributed by atoms with Crippen LogP contribution in [0.4, 0.5) is 0 Å². The Labute approximate surface area is 188 Å². The second-order valence-electron chi connectivity index (χ2n) is 8.15. The van der Waals surface area contributed by atoms with Crippen molar-refractivity contribution in [1.82, 2.24) is 10.3 Å². The Morgan fingerprint density at radius 1 is 1.06 bits per heavy atom. The van der Waals surface area contributed by atoms with Crippen LogP contribution in [0.2, 0.25) is 0 Å². The first-order valence-electron chi connectivity index (χ1n) is 11.1. The Hall–Kier alpha value is -3.09. The van der Waals surface area contributed by atoms with E-state index in [2.05, 4.69) is 34.6 Å². The first-order valence-corrected chi connectivity index (χ1v) is 11.1. The smallest absolute Gasteiger partial charge is 0.161 e. The molecular formula is C26H28N2O4. The molecule has 0 radical (unpaired) electrons. The van der Waals surface area contributed by atoms with Gasteiger partial charge in [0, 0.05) is 24.2 Å². The van der Waals surface area contributed by atoms with Crippen LogP contribution in [0.3, 0.4) is 0 Å². The summed E-state index contributed by atoms with van der Waals surface area (Å²) in [5.41, 5.74) is 3.27. The molecule has 0 unspecified atom stereocenters. The number of nitrogens with zero attached hydrogens (tertiary/aromatic N) is 1. The fraction of sp³-hybridized carbons (Fsp3) is 0.346. The van der Waals surface area contributed by atoms with Gasteiger partial charge in [-0.05, 0) is 60.4 Å². The molecule has 0 saturated carbocycles. The van der Waals surface area contributed by atoms with Gasteiger partial charge in [-0.1, -0.05) is 18.2 Å². The molecule has 0 bridgehead atoms. The van der Waals surface area contributed by atoms with Gasteiger partial charge in [0.15, 0.2) is 11.5 Å². The Morgan fingerprint density at radius 2 is 1.97 bits per heavy atom. The van der Waals surface area contributed by atoms with Crippen LogP contribution >= 0.6 is 0 Å². The molecule has 166 valence electrons. The molecule has 2 aromatic carbocycles. The first kappa shape index (κ1) is 20.8. The zero-order chi connectivity index (χ0) is 21.8. The van der Waals surface area contributed by atoms with Crippen molar-refractivity contribution in [2.75, 3.05) is 26.9 Å². The van der Waals surface area contributed by atoms with E-state index in [-0.39, 0.29) is 6.10 Å². The van der Waals surface area contributed by atoms with Gasteiger partial charge in [0.05, 0.1) is 25.3 Å². The van der Waals surface area contributed by atoms with Gasteiger partial charge < -0.3 is 24.3 Å². The van der Waals surface area contributed by atoms with E-state index in [9.17, 15) is 0 Å². The minimum absolute atomic E-state index is 0.121. The lowest BCUT2D eigenvalue weighted by atomic mass is 10.0. The summed E-state index contributed by atoms with van der Waals surface area (Å²) < 4.78 is 22.8. The fourth-order valence-electron chi connectivity index (χ4n) is 4.17. The number of pyridine rings is 1. The van der Waals surface area contributed by atoms with Crippen molar-refractivity contribution in [2.24, 2.45) is 0 Å². The Kier molecular flexibility index (Phi) is 6.23. The van der Waals surface area contributed by atoms with E-state index < -0.39 is 0 Å². The summed E-state index contributed by atoms with van der Waals surface area (Å²) in [5.74, 6) is 2.50. The molecule has 32 heavy (non-hydrogen) atoms. The van der Waals surface area contributed by atoms with Crippen LogP contribution in [0.25, 0.3) is 17.0 Å². The summed E-state index contributed by atoms with van der Waals surface area (Å²) in [6.07, 6.45) is 8.32. The van der Waals surface area contributed by atoms with Crippen molar-refractivity contribution in [3.63, 3.8) is 0 Å². The maximum atomic E-state index is 6.11. The number of methoxy groups -OCH3 is 1. The number of hydrogen-bond acceptors (Lipinski definition) is 6. The lowest BCUT2D eigenvalue weighted by molar-refractivity contribution is 0.0251. The third kappa shape index (κ3) is 4.71. The highest BCUT2D eigenvalue weighted by atomic mass is 16.6. The first-order chi connectivity index (χ1) is 15.8. The highest BCUT2D eigenvalue weighted by Crippen LogP contribution is 2.31.